The summed E-state index contributed by atoms with van der Waals surface area (Å²) < 4.78 is 0. The molecule has 0 unspecified atom stereocenters. The van der Waals surface area contributed by atoms with E-state index in [0.717, 1.165) is 5.56 Å². The van der Waals surface area contributed by atoms with Crippen LogP contribution >= 0.6 is 0 Å². The van der Waals surface area contributed by atoms with Crippen molar-refractivity contribution >= 4 is 23.6 Å². The molecular weight excluding hydrogens is 334 g/mol. The van der Waals surface area contributed by atoms with E-state index in [1.807, 2.05) is 30.3 Å². The molecule has 2 aromatic rings. The van der Waals surface area contributed by atoms with Gasteiger partial charge in [0, 0.05) is 24.7 Å². The summed E-state index contributed by atoms with van der Waals surface area (Å²) >= 11 is 0. The molecular formula is C19H17N3O4. The Labute approximate surface area is 150 Å². The lowest BCUT2D eigenvalue weighted by Gasteiger charge is -2.08. The predicted octanol–water partition coefficient (Wildman–Crippen LogP) is 2.67. The summed E-state index contributed by atoms with van der Waals surface area (Å²) in [5.74, 6) is -0.999. The Balaban J connectivity index is 2.15. The van der Waals surface area contributed by atoms with Crippen LogP contribution in [0.25, 0.3) is 6.08 Å². The van der Waals surface area contributed by atoms with Crippen molar-refractivity contribution in [3.8, 4) is 0 Å². The summed E-state index contributed by atoms with van der Waals surface area (Å²) in [7, 11) is 1.45. The van der Waals surface area contributed by atoms with E-state index in [4.69, 9.17) is 0 Å². The summed E-state index contributed by atoms with van der Waals surface area (Å²) in [6, 6.07) is 14.6. The van der Waals surface area contributed by atoms with Gasteiger partial charge in [0.25, 0.3) is 17.5 Å². The maximum atomic E-state index is 12.3. The Kier molecular flexibility index (Phi) is 6.39. The fourth-order valence-corrected chi connectivity index (χ4v) is 2.06. The first-order valence-electron chi connectivity index (χ1n) is 7.72. The van der Waals surface area contributed by atoms with Gasteiger partial charge < -0.3 is 10.6 Å². The van der Waals surface area contributed by atoms with Crippen molar-refractivity contribution in [3.63, 3.8) is 0 Å². The first-order valence-corrected chi connectivity index (χ1v) is 7.72. The van der Waals surface area contributed by atoms with E-state index in [0.29, 0.717) is 0 Å². The summed E-state index contributed by atoms with van der Waals surface area (Å²) in [6.45, 7) is 0. The lowest BCUT2D eigenvalue weighted by atomic mass is 10.2. The fraction of sp³-hybridized carbons (Fsp3) is 0.0526. The molecule has 2 rings (SSSR count). The van der Waals surface area contributed by atoms with Gasteiger partial charge in [-0.25, -0.2) is 0 Å². The smallest absolute Gasteiger partial charge is 0.269 e. The number of non-ortho nitro benzene ring substituents is 1. The molecule has 2 amide bonds. The average Bonchev–Trinajstić information content (AvgIpc) is 2.67. The number of allylic oxidation sites excluding steroid dienone is 2. The average molecular weight is 351 g/mol. The minimum absolute atomic E-state index is 0.0584. The van der Waals surface area contributed by atoms with Crippen LogP contribution in [0.1, 0.15) is 15.9 Å². The number of nitrogens with one attached hydrogen (secondary N) is 2. The highest BCUT2D eigenvalue weighted by atomic mass is 16.6. The van der Waals surface area contributed by atoms with Gasteiger partial charge in [-0.05, 0) is 23.8 Å². The van der Waals surface area contributed by atoms with E-state index in [-0.39, 0.29) is 16.9 Å². The van der Waals surface area contributed by atoms with E-state index in [1.165, 1.54) is 37.4 Å². The summed E-state index contributed by atoms with van der Waals surface area (Å²) in [5.41, 5.74) is 1.09. The number of nitrogens with zero attached hydrogens (tertiary/aromatic N) is 1. The highest BCUT2D eigenvalue weighted by molar-refractivity contribution is 6.03. The van der Waals surface area contributed by atoms with Gasteiger partial charge in [-0.15, -0.1) is 0 Å². The maximum Gasteiger partial charge on any atom is 0.269 e. The topological polar surface area (TPSA) is 101 Å². The van der Waals surface area contributed by atoms with Crippen LogP contribution < -0.4 is 10.6 Å². The molecule has 0 aliphatic rings. The SMILES string of the molecule is CNC(=O)/C(=C/C=C/c1ccccc1)NC(=O)c1ccc([N+](=O)[O-])cc1. The number of amides is 2. The van der Waals surface area contributed by atoms with Crippen LogP contribution in [-0.2, 0) is 4.79 Å². The van der Waals surface area contributed by atoms with E-state index < -0.39 is 16.7 Å². The molecule has 0 saturated carbocycles. The number of rotatable bonds is 6. The summed E-state index contributed by atoms with van der Waals surface area (Å²) in [4.78, 5) is 34.3. The number of carbonyl (C=O) groups excluding carboxylic acids is 2. The van der Waals surface area contributed by atoms with Crippen molar-refractivity contribution in [2.75, 3.05) is 7.05 Å². The van der Waals surface area contributed by atoms with Gasteiger partial charge in [-0.2, -0.15) is 0 Å². The molecule has 0 fully saturated rings. The van der Waals surface area contributed by atoms with E-state index in [9.17, 15) is 19.7 Å². The Hall–Kier alpha value is -3.74. The van der Waals surface area contributed by atoms with Gasteiger partial charge in [0.2, 0.25) is 0 Å². The predicted molar refractivity (Wildman–Crippen MR) is 98.2 cm³/mol. The number of benzene rings is 2. The highest BCUT2D eigenvalue weighted by Gasteiger charge is 2.14. The number of nitro benzene ring substituents is 1. The van der Waals surface area contributed by atoms with Gasteiger partial charge in [0.1, 0.15) is 5.70 Å². The molecule has 0 heterocycles. The third-order valence-electron chi connectivity index (χ3n) is 3.41. The van der Waals surface area contributed by atoms with Crippen molar-refractivity contribution in [2.45, 2.75) is 0 Å². The van der Waals surface area contributed by atoms with Crippen LogP contribution in [0.2, 0.25) is 0 Å². The fourth-order valence-electron chi connectivity index (χ4n) is 2.06. The van der Waals surface area contributed by atoms with E-state index in [1.54, 1.807) is 12.2 Å². The first kappa shape index (κ1) is 18.6. The second kappa shape index (κ2) is 8.93. The largest absolute Gasteiger partial charge is 0.354 e. The molecule has 0 bridgehead atoms. The lowest BCUT2D eigenvalue weighted by molar-refractivity contribution is -0.384. The van der Waals surface area contributed by atoms with Gasteiger partial charge in [-0.3, -0.25) is 19.7 Å². The number of carbonyl (C=O) groups is 2. The van der Waals surface area contributed by atoms with Gasteiger partial charge in [0.05, 0.1) is 4.92 Å². The molecule has 0 radical (unpaired) electrons. The zero-order valence-corrected chi connectivity index (χ0v) is 14.0. The minimum atomic E-state index is -0.550. The Morgan fingerprint density at radius 3 is 2.27 bits per heavy atom. The zero-order valence-electron chi connectivity index (χ0n) is 14.0. The molecule has 2 N–H and O–H groups in total. The van der Waals surface area contributed by atoms with Crippen LogP contribution in [0, 0.1) is 10.1 Å². The summed E-state index contributed by atoms with van der Waals surface area (Å²) in [5, 5.41) is 15.6. The number of hydrogen-bond donors (Lipinski definition) is 2. The molecule has 0 aliphatic heterocycles. The second-order valence-corrected chi connectivity index (χ2v) is 5.19. The van der Waals surface area contributed by atoms with E-state index in [2.05, 4.69) is 10.6 Å². The first-order chi connectivity index (χ1) is 12.5. The van der Waals surface area contributed by atoms with Crippen LogP contribution in [0.5, 0.6) is 0 Å². The quantitative estimate of drug-likeness (QED) is 0.361. The van der Waals surface area contributed by atoms with Crippen LogP contribution in [0.15, 0.2) is 72.4 Å². The lowest BCUT2D eigenvalue weighted by Crippen LogP contribution is -2.33. The molecule has 0 aromatic heterocycles. The Bertz CT molecular complexity index is 856. The van der Waals surface area contributed by atoms with Crippen molar-refractivity contribution in [1.82, 2.24) is 10.6 Å². The van der Waals surface area contributed by atoms with Gasteiger partial charge in [-0.1, -0.05) is 42.5 Å². The highest BCUT2D eigenvalue weighted by Crippen LogP contribution is 2.12. The minimum Gasteiger partial charge on any atom is -0.354 e. The molecule has 7 nitrogen and oxygen atoms in total. The van der Waals surface area contributed by atoms with Crippen LogP contribution in [-0.4, -0.2) is 23.8 Å². The molecule has 26 heavy (non-hydrogen) atoms. The van der Waals surface area contributed by atoms with Crippen LogP contribution in [0.3, 0.4) is 0 Å². The molecule has 0 atom stereocenters. The van der Waals surface area contributed by atoms with Crippen molar-refractivity contribution in [2.24, 2.45) is 0 Å². The monoisotopic (exact) mass is 351 g/mol. The Morgan fingerprint density at radius 1 is 1.04 bits per heavy atom. The van der Waals surface area contributed by atoms with Crippen molar-refractivity contribution in [3.05, 3.63) is 93.7 Å². The molecule has 0 saturated heterocycles. The van der Waals surface area contributed by atoms with Crippen molar-refractivity contribution in [1.29, 1.82) is 0 Å². The normalized spacial score (nSPS) is 11.2. The third kappa shape index (κ3) is 5.13. The standard InChI is InChI=1S/C19H17N3O4/c1-20-19(24)17(9-5-8-14-6-3-2-4-7-14)21-18(23)15-10-12-16(13-11-15)22(25)26/h2-13H,1H3,(H,20,24)(H,21,23)/b8-5+,17-9-. The maximum absolute atomic E-state index is 12.3. The molecule has 7 heteroatoms. The number of likely N-dealkylation sites (N-methyl/N-ethyl adjacent to an activating group) is 1. The molecule has 0 spiro atoms. The molecule has 2 aromatic carbocycles. The van der Waals surface area contributed by atoms with Gasteiger partial charge >= 0.3 is 0 Å². The Morgan fingerprint density at radius 2 is 1.69 bits per heavy atom. The molecule has 0 aliphatic carbocycles. The number of hydrogen-bond acceptors (Lipinski definition) is 4. The molecule has 132 valence electrons. The summed E-state index contributed by atoms with van der Waals surface area (Å²) in [6.07, 6.45) is 4.92. The number of nitro groups is 1. The third-order valence-corrected chi connectivity index (χ3v) is 3.41. The second-order valence-electron chi connectivity index (χ2n) is 5.19. The van der Waals surface area contributed by atoms with Gasteiger partial charge in [0.15, 0.2) is 0 Å². The van der Waals surface area contributed by atoms with Crippen molar-refractivity contribution < 1.29 is 14.5 Å². The van der Waals surface area contributed by atoms with E-state index >= 15 is 0 Å². The van der Waals surface area contributed by atoms with Crippen LogP contribution in [0.4, 0.5) is 5.69 Å². The zero-order chi connectivity index (χ0) is 18.9.